The van der Waals surface area contributed by atoms with Gasteiger partial charge >= 0.3 is 6.01 Å². The van der Waals surface area contributed by atoms with Crippen molar-refractivity contribution in [1.29, 1.82) is 0 Å². The molecule has 0 radical (unpaired) electrons. The summed E-state index contributed by atoms with van der Waals surface area (Å²) in [6, 6.07) is 9.77. The molecular weight excluding hydrogens is 334 g/mol. The topological polar surface area (TPSA) is 114 Å². The van der Waals surface area contributed by atoms with E-state index < -0.39 is 0 Å². The first-order valence-corrected chi connectivity index (χ1v) is 8.15. The molecule has 0 amide bonds. The van der Waals surface area contributed by atoms with Crippen LogP contribution in [0.25, 0.3) is 10.9 Å². The van der Waals surface area contributed by atoms with E-state index in [0.29, 0.717) is 25.0 Å². The van der Waals surface area contributed by atoms with Gasteiger partial charge in [-0.15, -0.1) is 0 Å². The molecular formula is C17H17N7O2. The van der Waals surface area contributed by atoms with Crippen LogP contribution in [0, 0.1) is 0 Å². The third kappa shape index (κ3) is 3.56. The van der Waals surface area contributed by atoms with Gasteiger partial charge in [0.25, 0.3) is 0 Å². The van der Waals surface area contributed by atoms with Crippen LogP contribution in [0.5, 0.6) is 6.01 Å². The van der Waals surface area contributed by atoms with Crippen LogP contribution >= 0.6 is 0 Å². The molecule has 0 spiro atoms. The van der Waals surface area contributed by atoms with Crippen LogP contribution in [-0.4, -0.2) is 31.8 Å². The van der Waals surface area contributed by atoms with Crippen molar-refractivity contribution in [3.8, 4) is 6.01 Å². The van der Waals surface area contributed by atoms with Gasteiger partial charge in [0.1, 0.15) is 5.76 Å². The first kappa shape index (κ1) is 15.9. The highest BCUT2D eigenvalue weighted by Gasteiger charge is 2.09. The SMILES string of the molecule is CCOc1nc(NCc2ccco2)nc(Nc2ccc3cn[nH]c3c2)n1. The van der Waals surface area contributed by atoms with Crippen LogP contribution in [0.1, 0.15) is 12.7 Å². The second-order valence-corrected chi connectivity index (χ2v) is 5.43. The minimum atomic E-state index is 0.245. The van der Waals surface area contributed by atoms with Gasteiger partial charge in [-0.05, 0) is 37.3 Å². The fourth-order valence-corrected chi connectivity index (χ4v) is 2.41. The Hall–Kier alpha value is -3.62. The number of nitrogens with one attached hydrogen (secondary N) is 3. The van der Waals surface area contributed by atoms with Gasteiger partial charge in [-0.3, -0.25) is 5.10 Å². The lowest BCUT2D eigenvalue weighted by Gasteiger charge is -2.10. The summed E-state index contributed by atoms with van der Waals surface area (Å²) in [5.41, 5.74) is 1.75. The van der Waals surface area contributed by atoms with Crippen molar-refractivity contribution in [1.82, 2.24) is 25.1 Å². The van der Waals surface area contributed by atoms with E-state index in [4.69, 9.17) is 9.15 Å². The molecule has 4 aromatic rings. The molecule has 4 rings (SSSR count). The second-order valence-electron chi connectivity index (χ2n) is 5.43. The van der Waals surface area contributed by atoms with Crippen LogP contribution in [-0.2, 0) is 6.54 Å². The molecule has 0 aliphatic carbocycles. The van der Waals surface area contributed by atoms with E-state index in [1.165, 1.54) is 0 Å². The van der Waals surface area contributed by atoms with E-state index in [1.807, 2.05) is 37.3 Å². The van der Waals surface area contributed by atoms with Crippen LogP contribution in [0.4, 0.5) is 17.6 Å². The molecule has 0 aliphatic rings. The Morgan fingerprint density at radius 3 is 2.92 bits per heavy atom. The maximum atomic E-state index is 5.44. The van der Waals surface area contributed by atoms with Crippen molar-refractivity contribution in [2.45, 2.75) is 13.5 Å². The Kier molecular flexibility index (Phi) is 4.33. The van der Waals surface area contributed by atoms with Gasteiger partial charge in [-0.1, -0.05) is 0 Å². The number of aromatic amines is 1. The third-order valence-corrected chi connectivity index (χ3v) is 3.59. The Balaban J connectivity index is 1.56. The molecule has 132 valence electrons. The molecule has 0 aliphatic heterocycles. The van der Waals surface area contributed by atoms with Crippen LogP contribution in [0.2, 0.25) is 0 Å². The first-order chi connectivity index (χ1) is 12.8. The molecule has 0 fully saturated rings. The van der Waals surface area contributed by atoms with Crippen molar-refractivity contribution in [3.05, 3.63) is 48.6 Å². The zero-order valence-electron chi connectivity index (χ0n) is 14.1. The number of rotatable bonds is 7. The zero-order chi connectivity index (χ0) is 17.8. The number of aromatic nitrogens is 5. The highest BCUT2D eigenvalue weighted by Crippen LogP contribution is 2.21. The quantitative estimate of drug-likeness (QED) is 0.465. The summed E-state index contributed by atoms with van der Waals surface area (Å²) < 4.78 is 10.7. The number of hydrogen-bond acceptors (Lipinski definition) is 8. The van der Waals surface area contributed by atoms with Gasteiger partial charge < -0.3 is 19.8 Å². The predicted molar refractivity (Wildman–Crippen MR) is 96.4 cm³/mol. The zero-order valence-corrected chi connectivity index (χ0v) is 14.1. The smallest absolute Gasteiger partial charge is 0.323 e. The Morgan fingerprint density at radius 2 is 2.08 bits per heavy atom. The van der Waals surface area contributed by atoms with E-state index in [-0.39, 0.29) is 6.01 Å². The third-order valence-electron chi connectivity index (χ3n) is 3.59. The number of fused-ring (bicyclic) bond motifs is 1. The average Bonchev–Trinajstić information content (AvgIpc) is 3.31. The molecule has 9 heteroatoms. The van der Waals surface area contributed by atoms with Crippen molar-refractivity contribution in [3.63, 3.8) is 0 Å². The summed E-state index contributed by atoms with van der Waals surface area (Å²) in [5.74, 6) is 1.55. The lowest BCUT2D eigenvalue weighted by atomic mass is 10.2. The van der Waals surface area contributed by atoms with Crippen molar-refractivity contribution >= 4 is 28.5 Å². The van der Waals surface area contributed by atoms with Gasteiger partial charge in [0.2, 0.25) is 11.9 Å². The highest BCUT2D eigenvalue weighted by atomic mass is 16.5. The fourth-order valence-electron chi connectivity index (χ4n) is 2.41. The maximum absolute atomic E-state index is 5.44. The standard InChI is InChI=1S/C17H17N7O2/c1-2-25-17-22-15(18-10-13-4-3-7-26-13)21-16(23-17)20-12-6-5-11-9-19-24-14(11)8-12/h3-9H,2,10H2,1H3,(H,19,24)(H2,18,20,21,22,23). The summed E-state index contributed by atoms with van der Waals surface area (Å²) in [6.07, 6.45) is 3.39. The van der Waals surface area contributed by atoms with Crippen molar-refractivity contribution in [2.75, 3.05) is 17.2 Å². The number of benzene rings is 1. The molecule has 0 saturated heterocycles. The molecule has 3 N–H and O–H groups in total. The number of furan rings is 1. The first-order valence-electron chi connectivity index (χ1n) is 8.15. The number of nitrogens with zero attached hydrogens (tertiary/aromatic N) is 4. The number of hydrogen-bond donors (Lipinski definition) is 3. The van der Waals surface area contributed by atoms with Crippen LogP contribution < -0.4 is 15.4 Å². The monoisotopic (exact) mass is 351 g/mol. The highest BCUT2D eigenvalue weighted by molar-refractivity contribution is 5.82. The van der Waals surface area contributed by atoms with Gasteiger partial charge in [0, 0.05) is 11.1 Å². The van der Waals surface area contributed by atoms with Crippen LogP contribution in [0.3, 0.4) is 0 Å². The fraction of sp³-hybridized carbons (Fsp3) is 0.176. The summed E-state index contributed by atoms with van der Waals surface area (Å²) in [7, 11) is 0. The number of anilines is 3. The maximum Gasteiger partial charge on any atom is 0.323 e. The largest absolute Gasteiger partial charge is 0.467 e. The number of ether oxygens (including phenoxy) is 1. The lowest BCUT2D eigenvalue weighted by Crippen LogP contribution is -2.09. The van der Waals surface area contributed by atoms with Crippen LogP contribution in [0.15, 0.2) is 47.2 Å². The molecule has 1 aromatic carbocycles. The Morgan fingerprint density at radius 1 is 1.15 bits per heavy atom. The molecule has 3 aromatic heterocycles. The summed E-state index contributed by atoms with van der Waals surface area (Å²) in [5, 5.41) is 14.3. The van der Waals surface area contributed by atoms with Gasteiger partial charge in [-0.2, -0.15) is 20.1 Å². The van der Waals surface area contributed by atoms with Crippen molar-refractivity contribution < 1.29 is 9.15 Å². The van der Waals surface area contributed by atoms with Gasteiger partial charge in [0.05, 0.1) is 31.1 Å². The lowest BCUT2D eigenvalue weighted by molar-refractivity contribution is 0.312. The van der Waals surface area contributed by atoms with Gasteiger partial charge in [0.15, 0.2) is 0 Å². The molecule has 0 atom stereocenters. The second kappa shape index (κ2) is 7.09. The minimum Gasteiger partial charge on any atom is -0.467 e. The Labute approximate surface area is 148 Å². The summed E-state index contributed by atoms with van der Waals surface area (Å²) >= 11 is 0. The predicted octanol–water partition coefficient (Wildman–Crippen LogP) is 3.10. The molecule has 26 heavy (non-hydrogen) atoms. The van der Waals surface area contributed by atoms with E-state index in [0.717, 1.165) is 22.4 Å². The van der Waals surface area contributed by atoms with E-state index in [2.05, 4.69) is 35.8 Å². The molecule has 0 bridgehead atoms. The van der Waals surface area contributed by atoms with E-state index >= 15 is 0 Å². The molecule has 3 heterocycles. The molecule has 0 saturated carbocycles. The van der Waals surface area contributed by atoms with E-state index in [1.54, 1.807) is 12.5 Å². The van der Waals surface area contributed by atoms with Crippen molar-refractivity contribution in [2.24, 2.45) is 0 Å². The average molecular weight is 351 g/mol. The molecule has 9 nitrogen and oxygen atoms in total. The van der Waals surface area contributed by atoms with E-state index in [9.17, 15) is 0 Å². The van der Waals surface area contributed by atoms with Gasteiger partial charge in [-0.25, -0.2) is 0 Å². The summed E-state index contributed by atoms with van der Waals surface area (Å²) in [4.78, 5) is 12.9. The minimum absolute atomic E-state index is 0.245. The normalized spacial score (nSPS) is 10.8. The summed E-state index contributed by atoms with van der Waals surface area (Å²) in [6.45, 7) is 2.79. The number of H-pyrrole nitrogens is 1. The molecule has 0 unspecified atom stereocenters. The Bertz CT molecular complexity index is 997.